The zero-order valence-electron chi connectivity index (χ0n) is 25.2. The standard InChI is InChI=1S/C37H46N2SSi/c1-37(2)31-20-29-18-10-9-17-28(29)19-30(31)34-32-33(37)36(40-35(32)39-24-38-34)41(21-25-11-3-4-12-25,22-26-13-5-6-14-26)23-27-15-7-8-16-27/h9-10,17-20,24-27H,3-8,11-16,21-23H2,1-2H3. The minimum absolute atomic E-state index is 0.0378. The Bertz CT molecular complexity index is 1540. The van der Waals surface area contributed by atoms with E-state index in [0.29, 0.717) is 0 Å². The third-order valence-corrected chi connectivity index (χ3v) is 19.7. The summed E-state index contributed by atoms with van der Waals surface area (Å²) in [6.07, 6.45) is 19.5. The first-order valence-electron chi connectivity index (χ1n) is 16.8. The van der Waals surface area contributed by atoms with Gasteiger partial charge in [0, 0.05) is 16.4 Å². The van der Waals surface area contributed by atoms with Crippen LogP contribution in [0.5, 0.6) is 0 Å². The van der Waals surface area contributed by atoms with E-state index in [1.807, 2.05) is 10.8 Å². The van der Waals surface area contributed by atoms with Gasteiger partial charge in [0.05, 0.1) is 5.69 Å². The average molecular weight is 579 g/mol. The molecule has 4 aliphatic carbocycles. The molecule has 4 aromatic rings. The first-order valence-corrected chi connectivity index (χ1v) is 20.3. The fraction of sp³-hybridized carbons (Fsp3) is 0.568. The van der Waals surface area contributed by atoms with Gasteiger partial charge >= 0.3 is 0 Å². The number of hydrogen-bond donors (Lipinski definition) is 0. The molecule has 0 unspecified atom stereocenters. The van der Waals surface area contributed by atoms with Crippen molar-refractivity contribution in [1.29, 1.82) is 0 Å². The minimum atomic E-state index is -1.82. The Morgan fingerprint density at radius 3 is 1.85 bits per heavy atom. The van der Waals surface area contributed by atoms with Crippen LogP contribution in [-0.4, -0.2) is 18.0 Å². The maximum atomic E-state index is 5.07. The zero-order chi connectivity index (χ0) is 27.6. The van der Waals surface area contributed by atoms with Gasteiger partial charge in [0.15, 0.2) is 0 Å². The predicted octanol–water partition coefficient (Wildman–Crippen LogP) is 10.4. The summed E-state index contributed by atoms with van der Waals surface area (Å²) in [5.74, 6) is 2.86. The largest absolute Gasteiger partial charge is 0.236 e. The second-order valence-electron chi connectivity index (χ2n) is 14.9. The van der Waals surface area contributed by atoms with Crippen LogP contribution in [0.4, 0.5) is 0 Å². The van der Waals surface area contributed by atoms with Gasteiger partial charge < -0.3 is 0 Å². The third kappa shape index (κ3) is 4.45. The molecule has 0 N–H and O–H groups in total. The minimum Gasteiger partial charge on any atom is -0.236 e. The molecule has 214 valence electrons. The lowest BCUT2D eigenvalue weighted by atomic mass is 9.71. The molecule has 0 spiro atoms. The smallest absolute Gasteiger partial charge is 0.127 e. The van der Waals surface area contributed by atoms with Gasteiger partial charge in [-0.15, -0.1) is 11.3 Å². The van der Waals surface area contributed by atoms with Gasteiger partial charge in [-0.25, -0.2) is 9.97 Å². The van der Waals surface area contributed by atoms with E-state index in [2.05, 4.69) is 61.6 Å². The molecular weight excluding hydrogens is 533 g/mol. The van der Waals surface area contributed by atoms with Crippen LogP contribution in [0.1, 0.15) is 102 Å². The van der Waals surface area contributed by atoms with E-state index in [9.17, 15) is 0 Å². The summed E-state index contributed by atoms with van der Waals surface area (Å²) in [5, 5.41) is 4.10. The monoisotopic (exact) mass is 578 g/mol. The summed E-state index contributed by atoms with van der Waals surface area (Å²) >= 11 is 2.15. The van der Waals surface area contributed by atoms with Gasteiger partial charge in [-0.2, -0.15) is 0 Å². The van der Waals surface area contributed by atoms with Crippen molar-refractivity contribution in [3.63, 3.8) is 0 Å². The van der Waals surface area contributed by atoms with Crippen LogP contribution in [0.2, 0.25) is 18.1 Å². The van der Waals surface area contributed by atoms with Crippen molar-refractivity contribution >= 4 is 44.9 Å². The number of fused-ring (bicyclic) bond motifs is 3. The Labute approximate surface area is 251 Å². The van der Waals surface area contributed by atoms with Crippen LogP contribution < -0.4 is 4.50 Å². The number of rotatable bonds is 7. The van der Waals surface area contributed by atoms with Crippen LogP contribution in [0.15, 0.2) is 42.7 Å². The highest BCUT2D eigenvalue weighted by Crippen LogP contribution is 2.53. The lowest BCUT2D eigenvalue weighted by molar-refractivity contribution is 0.546. The molecule has 2 nitrogen and oxygen atoms in total. The summed E-state index contributed by atoms with van der Waals surface area (Å²) in [6, 6.07) is 18.5. The maximum absolute atomic E-state index is 5.07. The second kappa shape index (κ2) is 10.3. The van der Waals surface area contributed by atoms with Gasteiger partial charge in [-0.1, -0.05) is 115 Å². The summed E-state index contributed by atoms with van der Waals surface area (Å²) in [4.78, 5) is 11.4. The Balaban J connectivity index is 1.38. The van der Waals surface area contributed by atoms with E-state index in [0.717, 1.165) is 17.8 Å². The number of aromatic nitrogens is 2. The Kier molecular flexibility index (Phi) is 6.67. The van der Waals surface area contributed by atoms with E-state index in [-0.39, 0.29) is 5.41 Å². The number of benzene rings is 2. The van der Waals surface area contributed by atoms with E-state index >= 15 is 0 Å². The van der Waals surface area contributed by atoms with Crippen LogP contribution in [-0.2, 0) is 5.41 Å². The molecule has 0 bridgehead atoms. The van der Waals surface area contributed by atoms with E-state index < -0.39 is 8.07 Å². The molecule has 0 radical (unpaired) electrons. The highest BCUT2D eigenvalue weighted by Gasteiger charge is 2.49. The molecule has 4 aliphatic rings. The number of thiophene rings is 1. The molecule has 41 heavy (non-hydrogen) atoms. The van der Waals surface area contributed by atoms with Gasteiger partial charge in [0.25, 0.3) is 0 Å². The van der Waals surface area contributed by atoms with Crippen molar-refractivity contribution < 1.29 is 0 Å². The SMILES string of the molecule is CC1(C)c2cc3ccccc3cc2-c2ncnc3sc([Si](CC4CCCC4)(CC4CCCC4)CC4CCCC4)c1c23. The lowest BCUT2D eigenvalue weighted by Crippen LogP contribution is -2.53. The van der Waals surface area contributed by atoms with E-state index in [1.165, 1.54) is 115 Å². The predicted molar refractivity (Wildman–Crippen MR) is 178 cm³/mol. The van der Waals surface area contributed by atoms with Crippen molar-refractivity contribution in [3.05, 3.63) is 53.9 Å². The summed E-state index contributed by atoms with van der Waals surface area (Å²) in [7, 11) is -1.82. The zero-order valence-corrected chi connectivity index (χ0v) is 27.0. The quantitative estimate of drug-likeness (QED) is 0.204. The molecule has 2 heterocycles. The normalized spacial score (nSPS) is 21.4. The van der Waals surface area contributed by atoms with E-state index in [1.54, 1.807) is 23.7 Å². The van der Waals surface area contributed by atoms with Crippen molar-refractivity contribution in [3.8, 4) is 11.3 Å². The third-order valence-electron chi connectivity index (χ3n) is 11.9. The van der Waals surface area contributed by atoms with Gasteiger partial charge in [0.2, 0.25) is 0 Å². The summed E-state index contributed by atoms with van der Waals surface area (Å²) in [6.45, 7) is 5.09. The summed E-state index contributed by atoms with van der Waals surface area (Å²) < 4.78 is 1.86. The maximum Gasteiger partial charge on any atom is 0.127 e. The Morgan fingerprint density at radius 1 is 0.756 bits per heavy atom. The Hall–Kier alpha value is -2.04. The van der Waals surface area contributed by atoms with Crippen molar-refractivity contribution in [2.75, 3.05) is 0 Å². The highest BCUT2D eigenvalue weighted by atomic mass is 32.1. The topological polar surface area (TPSA) is 25.8 Å². The van der Waals surface area contributed by atoms with Crippen LogP contribution in [0.3, 0.4) is 0 Å². The molecule has 0 saturated heterocycles. The van der Waals surface area contributed by atoms with Crippen molar-refractivity contribution in [2.45, 2.75) is 114 Å². The molecule has 0 amide bonds. The first-order chi connectivity index (χ1) is 20.0. The van der Waals surface area contributed by atoms with Gasteiger partial charge in [0.1, 0.15) is 19.2 Å². The molecule has 2 aromatic heterocycles. The Morgan fingerprint density at radius 2 is 1.29 bits per heavy atom. The molecule has 3 fully saturated rings. The number of nitrogens with zero attached hydrogens (tertiary/aromatic N) is 2. The first kappa shape index (κ1) is 26.6. The summed E-state index contributed by atoms with van der Waals surface area (Å²) in [5.41, 5.74) is 5.65. The van der Waals surface area contributed by atoms with Crippen LogP contribution >= 0.6 is 11.3 Å². The van der Waals surface area contributed by atoms with Crippen LogP contribution in [0.25, 0.3) is 32.2 Å². The molecule has 8 rings (SSSR count). The molecule has 3 saturated carbocycles. The molecular formula is C37H46N2SSi. The molecule has 2 aromatic carbocycles. The lowest BCUT2D eigenvalue weighted by Gasteiger charge is -2.42. The van der Waals surface area contributed by atoms with Crippen molar-refractivity contribution in [2.24, 2.45) is 17.8 Å². The highest BCUT2D eigenvalue weighted by molar-refractivity contribution is 7.32. The fourth-order valence-electron chi connectivity index (χ4n) is 10.0. The van der Waals surface area contributed by atoms with Gasteiger partial charge in [-0.05, 0) is 74.4 Å². The van der Waals surface area contributed by atoms with Crippen molar-refractivity contribution in [1.82, 2.24) is 9.97 Å². The molecule has 0 aliphatic heterocycles. The fourth-order valence-corrected chi connectivity index (χ4v) is 19.5. The van der Waals surface area contributed by atoms with E-state index in [4.69, 9.17) is 9.97 Å². The molecule has 0 atom stereocenters. The van der Waals surface area contributed by atoms with Crippen LogP contribution in [0, 0.1) is 17.8 Å². The number of hydrogen-bond acceptors (Lipinski definition) is 3. The molecule has 4 heteroatoms. The average Bonchev–Trinajstić information content (AvgIpc) is 3.80. The van der Waals surface area contributed by atoms with Gasteiger partial charge in [-0.3, -0.25) is 0 Å². The second-order valence-corrected chi connectivity index (χ2v) is 20.6.